The van der Waals surface area contributed by atoms with Gasteiger partial charge in [-0.3, -0.25) is 4.68 Å². The third kappa shape index (κ3) is 4.17. The zero-order chi connectivity index (χ0) is 20.3. The summed E-state index contributed by atoms with van der Waals surface area (Å²) in [6.45, 7) is 8.09. The number of aliphatic imine (C=N–C) groups is 1. The lowest BCUT2D eigenvalue weighted by molar-refractivity contribution is 0.0330. The molecule has 3 rings (SSSR count). The molecule has 2 heterocycles. The Kier molecular flexibility index (Phi) is 5.99. The molecule has 0 aliphatic carbocycles. The second-order valence-electron chi connectivity index (χ2n) is 6.87. The van der Waals surface area contributed by atoms with Crippen molar-refractivity contribution in [1.82, 2.24) is 14.7 Å². The Balaban J connectivity index is 1.93. The summed E-state index contributed by atoms with van der Waals surface area (Å²) in [6.07, 6.45) is 0. The largest absolute Gasteiger partial charge is 0.497 e. The number of carboxylic acid groups (broad SMARTS) is 1. The predicted octanol–water partition coefficient (Wildman–Crippen LogP) is 2.72. The van der Waals surface area contributed by atoms with E-state index in [-0.39, 0.29) is 11.7 Å². The Hall–Kier alpha value is -2.87. The van der Waals surface area contributed by atoms with Gasteiger partial charge in [-0.25, -0.2) is 9.79 Å². The van der Waals surface area contributed by atoms with Gasteiger partial charge in [-0.15, -0.1) is 0 Å². The van der Waals surface area contributed by atoms with Crippen molar-refractivity contribution in [2.45, 2.75) is 33.4 Å². The number of amidine groups is 1. The summed E-state index contributed by atoms with van der Waals surface area (Å²) >= 11 is 0. The number of hydrogen-bond acceptors (Lipinski definition) is 5. The van der Waals surface area contributed by atoms with E-state index in [1.165, 1.54) is 4.68 Å². The van der Waals surface area contributed by atoms with E-state index in [1.54, 1.807) is 14.0 Å². The van der Waals surface area contributed by atoms with Gasteiger partial charge in [0, 0.05) is 6.54 Å². The van der Waals surface area contributed by atoms with Crippen LogP contribution in [0.2, 0.25) is 0 Å². The summed E-state index contributed by atoms with van der Waals surface area (Å²) < 4.78 is 12.1. The minimum Gasteiger partial charge on any atom is -0.497 e. The van der Waals surface area contributed by atoms with Crippen LogP contribution in [0.15, 0.2) is 29.3 Å². The van der Waals surface area contributed by atoms with Gasteiger partial charge in [0.25, 0.3) is 0 Å². The van der Waals surface area contributed by atoms with Gasteiger partial charge in [-0.05, 0) is 38.5 Å². The molecule has 2 aromatic rings. The highest BCUT2D eigenvalue weighted by Gasteiger charge is 2.24. The Morgan fingerprint density at radius 1 is 1.39 bits per heavy atom. The Morgan fingerprint density at radius 2 is 2.11 bits per heavy atom. The molecule has 1 fully saturated rings. The van der Waals surface area contributed by atoms with Crippen LogP contribution in [0.5, 0.6) is 5.75 Å². The smallest absolute Gasteiger partial charge is 0.356 e. The lowest BCUT2D eigenvalue weighted by atomic mass is 10.2. The number of carbonyl (C=O) groups is 1. The maximum Gasteiger partial charge on any atom is 0.356 e. The van der Waals surface area contributed by atoms with Crippen LogP contribution in [0.25, 0.3) is 0 Å². The molecule has 1 aromatic carbocycles. The predicted molar refractivity (Wildman–Crippen MR) is 106 cm³/mol. The SMILES string of the molecule is COc1ccc(Cn2nc(C)c(N=C(C)N3CCOCC3C)c2C(=O)O)cc1. The minimum absolute atomic E-state index is 0.0913. The molecule has 1 aliphatic rings. The second-order valence-corrected chi connectivity index (χ2v) is 6.87. The summed E-state index contributed by atoms with van der Waals surface area (Å²) in [6, 6.07) is 7.67. The van der Waals surface area contributed by atoms with Crippen molar-refractivity contribution < 1.29 is 19.4 Å². The van der Waals surface area contributed by atoms with Crippen LogP contribution >= 0.6 is 0 Å². The van der Waals surface area contributed by atoms with Gasteiger partial charge in [-0.1, -0.05) is 12.1 Å². The Bertz CT molecular complexity index is 873. The average molecular weight is 386 g/mol. The summed E-state index contributed by atoms with van der Waals surface area (Å²) in [5, 5.41) is 14.3. The summed E-state index contributed by atoms with van der Waals surface area (Å²) in [4.78, 5) is 18.8. The molecule has 1 atom stereocenters. The first-order chi connectivity index (χ1) is 13.4. The van der Waals surface area contributed by atoms with Crippen LogP contribution in [0.1, 0.15) is 35.6 Å². The molecule has 150 valence electrons. The molecule has 1 unspecified atom stereocenters. The van der Waals surface area contributed by atoms with Crippen LogP contribution in [0.3, 0.4) is 0 Å². The number of rotatable bonds is 5. The van der Waals surface area contributed by atoms with Gasteiger partial charge in [-0.2, -0.15) is 5.10 Å². The molecule has 1 aliphatic heterocycles. The van der Waals surface area contributed by atoms with Gasteiger partial charge in [0.15, 0.2) is 5.69 Å². The molecular weight excluding hydrogens is 360 g/mol. The molecule has 8 nitrogen and oxygen atoms in total. The van der Waals surface area contributed by atoms with Crippen LogP contribution < -0.4 is 4.74 Å². The number of benzene rings is 1. The fraction of sp³-hybridized carbons (Fsp3) is 0.450. The second kappa shape index (κ2) is 8.43. The van der Waals surface area contributed by atoms with Crippen molar-refractivity contribution in [3.63, 3.8) is 0 Å². The third-order valence-electron chi connectivity index (χ3n) is 4.85. The monoisotopic (exact) mass is 386 g/mol. The van der Waals surface area contributed by atoms with Crippen molar-refractivity contribution in [3.05, 3.63) is 41.2 Å². The summed E-state index contributed by atoms with van der Waals surface area (Å²) in [5.41, 5.74) is 2.01. The minimum atomic E-state index is -1.05. The topological polar surface area (TPSA) is 89.2 Å². The number of aryl methyl sites for hydroxylation is 1. The molecule has 1 N–H and O–H groups in total. The van der Waals surface area contributed by atoms with Crippen molar-refractivity contribution in [2.75, 3.05) is 26.9 Å². The standard InChI is InChI=1S/C20H26N4O4/c1-13-12-28-10-9-23(13)15(3)21-18-14(2)22-24(19(18)20(25)26)11-16-5-7-17(27-4)8-6-16/h5-8,13H,9-12H2,1-4H3,(H,25,26). The highest BCUT2D eigenvalue weighted by atomic mass is 16.5. The third-order valence-corrected chi connectivity index (χ3v) is 4.85. The first-order valence-corrected chi connectivity index (χ1v) is 9.24. The van der Waals surface area contributed by atoms with E-state index in [2.05, 4.69) is 21.9 Å². The van der Waals surface area contributed by atoms with Crippen molar-refractivity contribution in [1.29, 1.82) is 0 Å². The van der Waals surface area contributed by atoms with Gasteiger partial charge in [0.05, 0.1) is 38.6 Å². The van der Waals surface area contributed by atoms with E-state index < -0.39 is 5.97 Å². The molecule has 0 amide bonds. The van der Waals surface area contributed by atoms with E-state index in [0.717, 1.165) is 23.7 Å². The molecular formula is C20H26N4O4. The molecule has 1 aromatic heterocycles. The Labute approximate surface area is 164 Å². The van der Waals surface area contributed by atoms with Crippen LogP contribution in [-0.2, 0) is 11.3 Å². The zero-order valence-corrected chi connectivity index (χ0v) is 16.7. The number of hydrogen-bond donors (Lipinski definition) is 1. The zero-order valence-electron chi connectivity index (χ0n) is 16.7. The molecule has 28 heavy (non-hydrogen) atoms. The van der Waals surface area contributed by atoms with E-state index in [4.69, 9.17) is 9.47 Å². The van der Waals surface area contributed by atoms with Gasteiger partial charge >= 0.3 is 5.97 Å². The lowest BCUT2D eigenvalue weighted by Crippen LogP contribution is -2.46. The van der Waals surface area contributed by atoms with Crippen LogP contribution in [0, 0.1) is 6.92 Å². The lowest BCUT2D eigenvalue weighted by Gasteiger charge is -2.34. The fourth-order valence-corrected chi connectivity index (χ4v) is 3.37. The van der Waals surface area contributed by atoms with Crippen LogP contribution in [-0.4, -0.2) is 64.5 Å². The average Bonchev–Trinajstić information content (AvgIpc) is 2.97. The highest BCUT2D eigenvalue weighted by molar-refractivity contribution is 5.94. The number of aromatic nitrogens is 2. The quantitative estimate of drug-likeness (QED) is 0.628. The Morgan fingerprint density at radius 3 is 2.71 bits per heavy atom. The first kappa shape index (κ1) is 19.9. The fourth-order valence-electron chi connectivity index (χ4n) is 3.37. The van der Waals surface area contributed by atoms with E-state index in [1.807, 2.05) is 31.2 Å². The van der Waals surface area contributed by atoms with E-state index in [9.17, 15) is 9.90 Å². The number of morpholine rings is 1. The van der Waals surface area contributed by atoms with Crippen LogP contribution in [0.4, 0.5) is 5.69 Å². The van der Waals surface area contributed by atoms with E-state index >= 15 is 0 Å². The van der Waals surface area contributed by atoms with Gasteiger partial charge in [0.2, 0.25) is 0 Å². The maximum absolute atomic E-state index is 12.0. The number of nitrogens with zero attached hydrogens (tertiary/aromatic N) is 4. The van der Waals surface area contributed by atoms with Crippen molar-refractivity contribution in [3.8, 4) is 5.75 Å². The number of ether oxygens (including phenoxy) is 2. The molecule has 0 spiro atoms. The molecule has 0 radical (unpaired) electrons. The summed E-state index contributed by atoms with van der Waals surface area (Å²) in [5.74, 6) is 0.473. The van der Waals surface area contributed by atoms with Crippen molar-refractivity contribution >= 4 is 17.5 Å². The first-order valence-electron chi connectivity index (χ1n) is 9.24. The number of aromatic carboxylic acids is 1. The number of methoxy groups -OCH3 is 1. The van der Waals surface area contributed by atoms with Gasteiger partial charge in [0.1, 0.15) is 17.3 Å². The number of carboxylic acids is 1. The van der Waals surface area contributed by atoms with E-state index in [0.29, 0.717) is 31.1 Å². The maximum atomic E-state index is 12.0. The normalized spacial score (nSPS) is 17.6. The van der Waals surface area contributed by atoms with Crippen molar-refractivity contribution in [2.24, 2.45) is 4.99 Å². The van der Waals surface area contributed by atoms with Gasteiger partial charge < -0.3 is 19.5 Å². The summed E-state index contributed by atoms with van der Waals surface area (Å²) in [7, 11) is 1.61. The molecule has 8 heteroatoms. The molecule has 1 saturated heterocycles. The molecule has 0 bridgehead atoms. The molecule has 0 saturated carbocycles. The highest BCUT2D eigenvalue weighted by Crippen LogP contribution is 2.26.